The number of carbonyl (C=O) groups is 1. The van der Waals surface area contributed by atoms with Crippen LogP contribution in [0.25, 0.3) is 0 Å². The fourth-order valence-electron chi connectivity index (χ4n) is 2.31. The SMILES string of the molecule is COc1ccc(C(=O)N(C)[C@H](C)c2ccc(F)cc2)cc1OC. The zero-order chi connectivity index (χ0) is 17.0. The van der Waals surface area contributed by atoms with Crippen LogP contribution in [0.5, 0.6) is 11.5 Å². The second-order valence-corrected chi connectivity index (χ2v) is 5.21. The highest BCUT2D eigenvalue weighted by Crippen LogP contribution is 2.29. The highest BCUT2D eigenvalue weighted by atomic mass is 19.1. The van der Waals surface area contributed by atoms with Gasteiger partial charge in [0, 0.05) is 12.6 Å². The van der Waals surface area contributed by atoms with Crippen molar-refractivity contribution in [1.29, 1.82) is 0 Å². The summed E-state index contributed by atoms with van der Waals surface area (Å²) < 4.78 is 23.4. The zero-order valence-electron chi connectivity index (χ0n) is 13.7. The second kappa shape index (κ2) is 7.13. The van der Waals surface area contributed by atoms with Gasteiger partial charge < -0.3 is 14.4 Å². The van der Waals surface area contributed by atoms with Gasteiger partial charge in [-0.05, 0) is 42.8 Å². The number of halogens is 1. The molecule has 2 aromatic rings. The van der Waals surface area contributed by atoms with Crippen LogP contribution in [0, 0.1) is 5.82 Å². The summed E-state index contributed by atoms with van der Waals surface area (Å²) in [6, 6.07) is 11.0. The number of benzene rings is 2. The third-order valence-corrected chi connectivity index (χ3v) is 3.88. The molecule has 0 spiro atoms. The van der Waals surface area contributed by atoms with Crippen LogP contribution in [0.2, 0.25) is 0 Å². The summed E-state index contributed by atoms with van der Waals surface area (Å²) >= 11 is 0. The Balaban J connectivity index is 2.23. The molecule has 5 heteroatoms. The molecule has 0 aliphatic carbocycles. The van der Waals surface area contributed by atoms with Gasteiger partial charge in [-0.2, -0.15) is 0 Å². The molecule has 0 unspecified atom stereocenters. The summed E-state index contributed by atoms with van der Waals surface area (Å²) in [5.74, 6) is 0.622. The van der Waals surface area contributed by atoms with E-state index in [2.05, 4.69) is 0 Å². The van der Waals surface area contributed by atoms with Gasteiger partial charge in [-0.1, -0.05) is 12.1 Å². The topological polar surface area (TPSA) is 38.8 Å². The van der Waals surface area contributed by atoms with E-state index in [1.165, 1.54) is 19.2 Å². The van der Waals surface area contributed by atoms with Crippen molar-refractivity contribution < 1.29 is 18.7 Å². The molecule has 1 atom stereocenters. The Kier molecular flexibility index (Phi) is 5.21. The van der Waals surface area contributed by atoms with E-state index in [0.29, 0.717) is 17.1 Å². The van der Waals surface area contributed by atoms with Crippen molar-refractivity contribution in [3.8, 4) is 11.5 Å². The molecule has 0 aliphatic rings. The second-order valence-electron chi connectivity index (χ2n) is 5.21. The van der Waals surface area contributed by atoms with Crippen LogP contribution >= 0.6 is 0 Å². The minimum atomic E-state index is -0.296. The number of hydrogen-bond donors (Lipinski definition) is 0. The molecule has 2 rings (SSSR count). The summed E-state index contributed by atoms with van der Waals surface area (Å²) in [7, 11) is 4.78. The third kappa shape index (κ3) is 3.62. The lowest BCUT2D eigenvalue weighted by atomic mass is 10.1. The summed E-state index contributed by atoms with van der Waals surface area (Å²) in [5.41, 5.74) is 1.36. The van der Waals surface area contributed by atoms with E-state index in [-0.39, 0.29) is 17.8 Å². The van der Waals surface area contributed by atoms with Crippen molar-refractivity contribution in [3.05, 3.63) is 59.4 Å². The number of rotatable bonds is 5. The van der Waals surface area contributed by atoms with Gasteiger partial charge in [0.05, 0.1) is 20.3 Å². The number of methoxy groups -OCH3 is 2. The Morgan fingerprint density at radius 2 is 1.65 bits per heavy atom. The summed E-state index contributed by atoms with van der Waals surface area (Å²) in [4.78, 5) is 14.3. The molecule has 0 aliphatic heterocycles. The lowest BCUT2D eigenvalue weighted by Crippen LogP contribution is -2.29. The van der Waals surface area contributed by atoms with Crippen LogP contribution in [0.4, 0.5) is 4.39 Å². The first kappa shape index (κ1) is 16.8. The molecule has 2 aromatic carbocycles. The van der Waals surface area contributed by atoms with Crippen LogP contribution in [0.3, 0.4) is 0 Å². The summed E-state index contributed by atoms with van der Waals surface area (Å²) in [5, 5.41) is 0. The highest BCUT2D eigenvalue weighted by Gasteiger charge is 2.20. The predicted molar refractivity (Wildman–Crippen MR) is 86.5 cm³/mol. The normalized spacial score (nSPS) is 11.7. The monoisotopic (exact) mass is 317 g/mol. The molecular formula is C18H20FNO3. The maximum Gasteiger partial charge on any atom is 0.254 e. The van der Waals surface area contributed by atoms with E-state index in [4.69, 9.17) is 9.47 Å². The van der Waals surface area contributed by atoms with Crippen LogP contribution in [-0.4, -0.2) is 32.1 Å². The Morgan fingerprint density at radius 1 is 1.04 bits per heavy atom. The van der Waals surface area contributed by atoms with Crippen molar-refractivity contribution in [1.82, 2.24) is 4.90 Å². The van der Waals surface area contributed by atoms with Crippen LogP contribution in [0.1, 0.15) is 28.9 Å². The number of hydrogen-bond acceptors (Lipinski definition) is 3. The zero-order valence-corrected chi connectivity index (χ0v) is 13.7. The van der Waals surface area contributed by atoms with Crippen LogP contribution in [-0.2, 0) is 0 Å². The van der Waals surface area contributed by atoms with Crippen molar-refractivity contribution in [2.45, 2.75) is 13.0 Å². The molecule has 0 N–H and O–H groups in total. The first-order chi connectivity index (χ1) is 11.0. The molecule has 122 valence electrons. The average molecular weight is 317 g/mol. The average Bonchev–Trinajstić information content (AvgIpc) is 2.59. The number of ether oxygens (including phenoxy) is 2. The van der Waals surface area contributed by atoms with Gasteiger partial charge in [0.25, 0.3) is 5.91 Å². The molecule has 0 heterocycles. The van der Waals surface area contributed by atoms with E-state index in [1.54, 1.807) is 49.4 Å². The largest absolute Gasteiger partial charge is 0.493 e. The van der Waals surface area contributed by atoms with Gasteiger partial charge in [0.1, 0.15) is 5.82 Å². The van der Waals surface area contributed by atoms with E-state index >= 15 is 0 Å². The maximum atomic E-state index is 13.0. The molecule has 23 heavy (non-hydrogen) atoms. The smallest absolute Gasteiger partial charge is 0.254 e. The number of amides is 1. The Labute approximate surface area is 135 Å². The summed E-state index contributed by atoms with van der Waals surface area (Å²) in [6.45, 7) is 1.89. The predicted octanol–water partition coefficient (Wildman–Crippen LogP) is 3.68. The lowest BCUT2D eigenvalue weighted by molar-refractivity contribution is 0.0742. The molecule has 0 radical (unpaired) electrons. The molecule has 0 aromatic heterocycles. The van der Waals surface area contributed by atoms with Gasteiger partial charge >= 0.3 is 0 Å². The fraction of sp³-hybridized carbons (Fsp3) is 0.278. The maximum absolute atomic E-state index is 13.0. The first-order valence-electron chi connectivity index (χ1n) is 7.22. The van der Waals surface area contributed by atoms with E-state index < -0.39 is 0 Å². The molecule has 0 saturated carbocycles. The van der Waals surface area contributed by atoms with Gasteiger partial charge in [-0.15, -0.1) is 0 Å². The minimum absolute atomic E-state index is 0.150. The molecule has 0 saturated heterocycles. The molecule has 0 bridgehead atoms. The first-order valence-corrected chi connectivity index (χ1v) is 7.22. The molecule has 4 nitrogen and oxygen atoms in total. The van der Waals surface area contributed by atoms with Gasteiger partial charge in [-0.25, -0.2) is 4.39 Å². The standard InChI is InChI=1S/C18H20FNO3/c1-12(13-5-8-15(19)9-6-13)20(2)18(21)14-7-10-16(22-3)17(11-14)23-4/h5-12H,1-4H3/t12-/m1/s1. The van der Waals surface area contributed by atoms with Crippen molar-refractivity contribution >= 4 is 5.91 Å². The number of nitrogens with zero attached hydrogens (tertiary/aromatic N) is 1. The summed E-state index contributed by atoms with van der Waals surface area (Å²) in [6.07, 6.45) is 0. The molecule has 1 amide bonds. The van der Waals surface area contributed by atoms with E-state index in [0.717, 1.165) is 5.56 Å². The Bertz CT molecular complexity index is 685. The van der Waals surface area contributed by atoms with Gasteiger partial charge in [0.15, 0.2) is 11.5 Å². The van der Waals surface area contributed by atoms with Gasteiger partial charge in [-0.3, -0.25) is 4.79 Å². The van der Waals surface area contributed by atoms with Crippen LogP contribution in [0.15, 0.2) is 42.5 Å². The van der Waals surface area contributed by atoms with Crippen molar-refractivity contribution in [2.75, 3.05) is 21.3 Å². The Hall–Kier alpha value is -2.56. The minimum Gasteiger partial charge on any atom is -0.493 e. The van der Waals surface area contributed by atoms with Gasteiger partial charge in [0.2, 0.25) is 0 Å². The lowest BCUT2D eigenvalue weighted by Gasteiger charge is -2.25. The van der Waals surface area contributed by atoms with Crippen molar-refractivity contribution in [3.63, 3.8) is 0 Å². The quantitative estimate of drug-likeness (QED) is 0.844. The Morgan fingerprint density at radius 3 is 2.22 bits per heavy atom. The highest BCUT2D eigenvalue weighted by molar-refractivity contribution is 5.95. The van der Waals surface area contributed by atoms with E-state index in [1.807, 2.05) is 6.92 Å². The molecule has 0 fully saturated rings. The van der Waals surface area contributed by atoms with Crippen LogP contribution < -0.4 is 9.47 Å². The third-order valence-electron chi connectivity index (χ3n) is 3.88. The number of carbonyl (C=O) groups excluding carboxylic acids is 1. The fourth-order valence-corrected chi connectivity index (χ4v) is 2.31. The van der Waals surface area contributed by atoms with E-state index in [9.17, 15) is 9.18 Å². The van der Waals surface area contributed by atoms with Crippen molar-refractivity contribution in [2.24, 2.45) is 0 Å². The molecular weight excluding hydrogens is 297 g/mol.